The summed E-state index contributed by atoms with van der Waals surface area (Å²) in [5, 5.41) is 14.1. The van der Waals surface area contributed by atoms with Crippen LogP contribution in [0.15, 0.2) is 72.8 Å². The SMILES string of the molecule is CC(C)c1ccc(O[C@@H](Cc2ccc(OCCN[C@H]3C4CN(Cc5ccc(Cl)cc5)C[C@@H]43)cc2)C(=O)O)cc1.Cl.Cl. The fourth-order valence-electron chi connectivity index (χ4n) is 5.50. The highest BCUT2D eigenvalue weighted by atomic mass is 35.5. The van der Waals surface area contributed by atoms with Crippen LogP contribution in [0.25, 0.3) is 0 Å². The zero-order valence-electron chi connectivity index (χ0n) is 23.4. The highest BCUT2D eigenvalue weighted by Crippen LogP contribution is 2.45. The first-order valence-electron chi connectivity index (χ1n) is 13.8. The molecule has 0 spiro atoms. The molecule has 5 rings (SSSR count). The molecule has 6 nitrogen and oxygen atoms in total. The minimum Gasteiger partial charge on any atom is -0.492 e. The van der Waals surface area contributed by atoms with Gasteiger partial charge < -0.3 is 19.9 Å². The Kier molecular flexibility index (Phi) is 12.2. The van der Waals surface area contributed by atoms with Gasteiger partial charge in [-0.15, -0.1) is 24.8 Å². The van der Waals surface area contributed by atoms with Crippen molar-refractivity contribution < 1.29 is 19.4 Å². The van der Waals surface area contributed by atoms with Gasteiger partial charge in [0.2, 0.25) is 0 Å². The molecule has 1 saturated carbocycles. The van der Waals surface area contributed by atoms with Crippen molar-refractivity contribution in [2.45, 2.75) is 44.9 Å². The van der Waals surface area contributed by atoms with Gasteiger partial charge in [0.05, 0.1) is 0 Å². The zero-order chi connectivity index (χ0) is 27.4. The monoisotopic (exact) mass is 620 g/mol. The first-order chi connectivity index (χ1) is 18.9. The minimum atomic E-state index is -0.979. The third kappa shape index (κ3) is 9.00. The van der Waals surface area contributed by atoms with Crippen molar-refractivity contribution in [3.63, 3.8) is 0 Å². The van der Waals surface area contributed by atoms with Gasteiger partial charge in [0, 0.05) is 43.7 Å². The molecule has 222 valence electrons. The maximum atomic E-state index is 11.8. The molecule has 1 heterocycles. The quantitative estimate of drug-likeness (QED) is 0.213. The summed E-state index contributed by atoms with van der Waals surface area (Å²) in [6.45, 7) is 8.90. The number of carboxylic acid groups (broad SMARTS) is 1. The molecule has 2 fully saturated rings. The van der Waals surface area contributed by atoms with E-state index < -0.39 is 12.1 Å². The second-order valence-corrected chi connectivity index (χ2v) is 11.4. The molecule has 4 atom stereocenters. The molecular formula is C32H39Cl3N2O4. The summed E-state index contributed by atoms with van der Waals surface area (Å²) >= 11 is 5.99. The standard InChI is InChI=1S/C32H37ClN2O4.2ClH/c1-21(2)24-7-13-27(14-8-24)39-30(32(36)37)17-22-5-11-26(12-6-22)38-16-15-34-31-28-19-35(20-29(28)31)18-23-3-9-25(33)10-4-23;;/h3-14,21,28-31,34H,15-20H2,1-2H3,(H,36,37);2*1H/t28-,29?,30-,31+;;/m0../s1. The number of hydrogen-bond acceptors (Lipinski definition) is 5. The number of benzene rings is 3. The molecule has 0 bridgehead atoms. The molecule has 41 heavy (non-hydrogen) atoms. The highest BCUT2D eigenvalue weighted by molar-refractivity contribution is 6.30. The van der Waals surface area contributed by atoms with E-state index in [0.29, 0.717) is 24.3 Å². The number of hydrogen-bond donors (Lipinski definition) is 2. The summed E-state index contributed by atoms with van der Waals surface area (Å²) in [5.74, 6) is 2.24. The third-order valence-corrected chi connectivity index (χ3v) is 8.04. The topological polar surface area (TPSA) is 71.0 Å². The maximum Gasteiger partial charge on any atom is 0.345 e. The van der Waals surface area contributed by atoms with E-state index in [1.807, 2.05) is 60.7 Å². The van der Waals surface area contributed by atoms with Crippen molar-refractivity contribution in [1.29, 1.82) is 0 Å². The Hall–Kier alpha value is -2.48. The van der Waals surface area contributed by atoms with Gasteiger partial charge >= 0.3 is 5.97 Å². The van der Waals surface area contributed by atoms with E-state index in [4.69, 9.17) is 21.1 Å². The Bertz CT molecular complexity index is 1230. The lowest BCUT2D eigenvalue weighted by atomic mass is 10.0. The Labute approximate surface area is 260 Å². The van der Waals surface area contributed by atoms with Crippen LogP contribution >= 0.6 is 36.4 Å². The van der Waals surface area contributed by atoms with E-state index in [1.54, 1.807) is 0 Å². The molecule has 2 aliphatic rings. The molecule has 3 aromatic carbocycles. The van der Waals surface area contributed by atoms with Crippen molar-refractivity contribution in [3.05, 3.63) is 94.5 Å². The number of halogens is 3. The number of ether oxygens (including phenoxy) is 2. The Morgan fingerprint density at radius 2 is 1.51 bits per heavy atom. The largest absolute Gasteiger partial charge is 0.492 e. The van der Waals surface area contributed by atoms with E-state index >= 15 is 0 Å². The van der Waals surface area contributed by atoms with Crippen LogP contribution in [0.3, 0.4) is 0 Å². The second-order valence-electron chi connectivity index (χ2n) is 11.0. The number of fused-ring (bicyclic) bond motifs is 1. The van der Waals surface area contributed by atoms with Crippen molar-refractivity contribution >= 4 is 42.4 Å². The molecule has 1 unspecified atom stereocenters. The average molecular weight is 622 g/mol. The molecule has 0 aromatic heterocycles. The minimum absolute atomic E-state index is 0. The highest BCUT2D eigenvalue weighted by Gasteiger charge is 2.55. The normalized spacial score (nSPS) is 20.0. The van der Waals surface area contributed by atoms with Crippen molar-refractivity contribution in [2.75, 3.05) is 26.2 Å². The number of nitrogens with zero attached hydrogens (tertiary/aromatic N) is 1. The number of carbonyl (C=O) groups is 1. The van der Waals surface area contributed by atoms with Crippen molar-refractivity contribution in [1.82, 2.24) is 10.2 Å². The summed E-state index contributed by atoms with van der Waals surface area (Å²) in [6.07, 6.45) is -0.672. The van der Waals surface area contributed by atoms with E-state index in [2.05, 4.69) is 36.2 Å². The lowest BCUT2D eigenvalue weighted by Crippen LogP contribution is -2.33. The van der Waals surface area contributed by atoms with Crippen LogP contribution in [0.4, 0.5) is 0 Å². The molecule has 1 saturated heterocycles. The molecule has 2 N–H and O–H groups in total. The predicted octanol–water partition coefficient (Wildman–Crippen LogP) is 6.48. The summed E-state index contributed by atoms with van der Waals surface area (Å²) in [5.41, 5.74) is 3.39. The van der Waals surface area contributed by atoms with Gasteiger partial charge in [-0.05, 0) is 70.8 Å². The molecule has 0 radical (unpaired) electrons. The van der Waals surface area contributed by atoms with Crippen LogP contribution in [0, 0.1) is 11.8 Å². The van der Waals surface area contributed by atoms with Crippen molar-refractivity contribution in [2.24, 2.45) is 11.8 Å². The van der Waals surface area contributed by atoms with E-state index in [9.17, 15) is 9.90 Å². The van der Waals surface area contributed by atoms with Crippen LogP contribution in [0.1, 0.15) is 36.5 Å². The van der Waals surface area contributed by atoms with Gasteiger partial charge in [-0.1, -0.05) is 61.8 Å². The Morgan fingerprint density at radius 1 is 0.927 bits per heavy atom. The molecular weight excluding hydrogens is 583 g/mol. The van der Waals surface area contributed by atoms with E-state index in [-0.39, 0.29) is 31.2 Å². The lowest BCUT2D eigenvalue weighted by Gasteiger charge is -2.20. The van der Waals surface area contributed by atoms with Crippen LogP contribution in [-0.4, -0.2) is 54.4 Å². The van der Waals surface area contributed by atoms with Gasteiger partial charge in [-0.2, -0.15) is 0 Å². The van der Waals surface area contributed by atoms with Gasteiger partial charge in [0.25, 0.3) is 0 Å². The number of aliphatic carboxylic acids is 1. The molecule has 1 aliphatic heterocycles. The maximum absolute atomic E-state index is 11.8. The van der Waals surface area contributed by atoms with Gasteiger partial charge in [-0.25, -0.2) is 4.79 Å². The summed E-state index contributed by atoms with van der Waals surface area (Å²) < 4.78 is 11.7. The van der Waals surface area contributed by atoms with Gasteiger partial charge in [0.15, 0.2) is 6.10 Å². The zero-order valence-corrected chi connectivity index (χ0v) is 25.8. The lowest BCUT2D eigenvalue weighted by molar-refractivity contribution is -0.145. The Morgan fingerprint density at radius 3 is 2.10 bits per heavy atom. The molecule has 0 amide bonds. The predicted molar refractivity (Wildman–Crippen MR) is 168 cm³/mol. The third-order valence-electron chi connectivity index (χ3n) is 7.78. The van der Waals surface area contributed by atoms with Crippen LogP contribution in [0.5, 0.6) is 11.5 Å². The summed E-state index contributed by atoms with van der Waals surface area (Å²) in [4.78, 5) is 14.3. The number of likely N-dealkylation sites (tertiary alicyclic amines) is 1. The fraction of sp³-hybridized carbons (Fsp3) is 0.406. The second kappa shape index (κ2) is 15.1. The smallest absolute Gasteiger partial charge is 0.345 e. The van der Waals surface area contributed by atoms with Crippen LogP contribution < -0.4 is 14.8 Å². The number of rotatable bonds is 13. The van der Waals surface area contributed by atoms with E-state index in [0.717, 1.165) is 54.4 Å². The summed E-state index contributed by atoms with van der Waals surface area (Å²) in [7, 11) is 0. The van der Waals surface area contributed by atoms with Crippen molar-refractivity contribution in [3.8, 4) is 11.5 Å². The number of carboxylic acids is 1. The van der Waals surface area contributed by atoms with Gasteiger partial charge in [-0.3, -0.25) is 4.90 Å². The van der Waals surface area contributed by atoms with Gasteiger partial charge in [0.1, 0.15) is 18.1 Å². The Balaban J connectivity index is 0.00000231. The molecule has 1 aliphatic carbocycles. The fourth-order valence-corrected chi connectivity index (χ4v) is 5.62. The molecule has 3 aromatic rings. The number of piperidine rings is 1. The molecule has 9 heteroatoms. The van der Waals surface area contributed by atoms with Crippen LogP contribution in [0.2, 0.25) is 5.02 Å². The number of nitrogens with one attached hydrogen (secondary N) is 1. The van der Waals surface area contributed by atoms with E-state index in [1.165, 1.54) is 11.1 Å². The first kappa shape index (κ1) is 33.0. The summed E-state index contributed by atoms with van der Waals surface area (Å²) in [6, 6.07) is 24.0. The average Bonchev–Trinajstić information content (AvgIpc) is 3.38. The first-order valence-corrected chi connectivity index (χ1v) is 14.1. The van der Waals surface area contributed by atoms with Crippen LogP contribution in [-0.2, 0) is 17.8 Å².